The molecule has 0 aliphatic carbocycles. The van der Waals surface area contributed by atoms with Gasteiger partial charge in [0.2, 0.25) is 10.0 Å². The lowest BCUT2D eigenvalue weighted by Gasteiger charge is -2.38. The van der Waals surface area contributed by atoms with E-state index >= 15 is 0 Å². The van der Waals surface area contributed by atoms with Gasteiger partial charge in [0, 0.05) is 29.3 Å². The molecule has 2 heterocycles. The van der Waals surface area contributed by atoms with Gasteiger partial charge in [-0.3, -0.25) is 0 Å². The Morgan fingerprint density at radius 1 is 1.03 bits per heavy atom. The monoisotopic (exact) mass is 476 g/mol. The van der Waals surface area contributed by atoms with Gasteiger partial charge in [-0.05, 0) is 73.5 Å². The minimum atomic E-state index is -3.72. The van der Waals surface area contributed by atoms with E-state index < -0.39 is 16.1 Å². The standard InChI is InChI=1S/C27H25FN2O3S/c1-18-2-11-22(12-3-18)34(32,33)30-15-14-23-26(17-31)29-25-13-8-20(16-24(25)27(23)30)5-4-19-6-9-21(28)10-7-19/h2-3,6-13,16,23,26-27,29,31H,14-15,17H2,1H3/t23-,26-,27-/m1/s1. The molecule has 0 radical (unpaired) electrons. The van der Waals surface area contributed by atoms with E-state index in [2.05, 4.69) is 17.2 Å². The second-order valence-electron chi connectivity index (χ2n) is 8.82. The van der Waals surface area contributed by atoms with E-state index in [9.17, 15) is 17.9 Å². The first-order valence-electron chi connectivity index (χ1n) is 11.2. The van der Waals surface area contributed by atoms with Gasteiger partial charge in [0.05, 0.1) is 23.6 Å². The molecule has 0 bridgehead atoms. The van der Waals surface area contributed by atoms with Gasteiger partial charge in [0.15, 0.2) is 0 Å². The Bertz CT molecular complexity index is 1380. The molecule has 7 heteroatoms. The fourth-order valence-corrected chi connectivity index (χ4v) is 6.56. The molecule has 0 saturated carbocycles. The number of aliphatic hydroxyl groups is 1. The number of hydrogen-bond acceptors (Lipinski definition) is 4. The number of fused-ring (bicyclic) bond motifs is 3. The van der Waals surface area contributed by atoms with E-state index in [1.54, 1.807) is 40.7 Å². The third-order valence-electron chi connectivity index (χ3n) is 6.65. The summed E-state index contributed by atoms with van der Waals surface area (Å²) in [6, 6.07) is 17.9. The quantitative estimate of drug-likeness (QED) is 0.559. The van der Waals surface area contributed by atoms with Crippen LogP contribution in [0.2, 0.25) is 0 Å². The normalized spacial score (nSPS) is 21.7. The highest BCUT2D eigenvalue weighted by molar-refractivity contribution is 7.89. The van der Waals surface area contributed by atoms with E-state index in [-0.39, 0.29) is 29.3 Å². The minimum Gasteiger partial charge on any atom is -0.394 e. The molecular weight excluding hydrogens is 451 g/mol. The maximum absolute atomic E-state index is 13.6. The molecule has 1 fully saturated rings. The van der Waals surface area contributed by atoms with Gasteiger partial charge < -0.3 is 10.4 Å². The topological polar surface area (TPSA) is 69.6 Å². The van der Waals surface area contributed by atoms with Crippen molar-refractivity contribution in [3.63, 3.8) is 0 Å². The molecule has 0 amide bonds. The lowest BCUT2D eigenvalue weighted by Crippen LogP contribution is -2.42. The molecule has 3 atom stereocenters. The van der Waals surface area contributed by atoms with E-state index in [1.807, 2.05) is 25.1 Å². The molecule has 174 valence electrons. The highest BCUT2D eigenvalue weighted by Gasteiger charge is 2.48. The number of sulfonamides is 1. The van der Waals surface area contributed by atoms with Crippen molar-refractivity contribution in [1.29, 1.82) is 0 Å². The van der Waals surface area contributed by atoms with Crippen molar-refractivity contribution in [2.24, 2.45) is 5.92 Å². The maximum Gasteiger partial charge on any atom is 0.243 e. The van der Waals surface area contributed by atoms with Crippen molar-refractivity contribution in [3.05, 3.63) is 94.8 Å². The van der Waals surface area contributed by atoms with E-state index in [0.717, 1.165) is 22.4 Å². The SMILES string of the molecule is Cc1ccc(S(=O)(=O)N2CC[C@@H]3[C@@H](CO)Nc4ccc(C#Cc5ccc(F)cc5)cc4[C@@H]32)cc1. The second-order valence-corrected chi connectivity index (χ2v) is 10.7. The van der Waals surface area contributed by atoms with Crippen molar-refractivity contribution >= 4 is 15.7 Å². The van der Waals surface area contributed by atoms with Gasteiger partial charge >= 0.3 is 0 Å². The molecular formula is C27H25FN2O3S. The smallest absolute Gasteiger partial charge is 0.243 e. The molecule has 3 aromatic carbocycles. The third kappa shape index (κ3) is 4.09. The average Bonchev–Trinajstić information content (AvgIpc) is 3.30. The van der Waals surface area contributed by atoms with E-state index in [1.165, 1.54) is 12.1 Å². The van der Waals surface area contributed by atoms with Crippen LogP contribution >= 0.6 is 0 Å². The lowest BCUT2D eigenvalue weighted by molar-refractivity contribution is 0.210. The Morgan fingerprint density at radius 3 is 2.41 bits per heavy atom. The van der Waals surface area contributed by atoms with Gasteiger partial charge in [0.1, 0.15) is 5.82 Å². The Balaban J connectivity index is 1.54. The molecule has 0 spiro atoms. The van der Waals surface area contributed by atoms with Crippen molar-refractivity contribution in [1.82, 2.24) is 4.31 Å². The molecule has 5 rings (SSSR count). The number of nitrogens with one attached hydrogen (secondary N) is 1. The largest absolute Gasteiger partial charge is 0.394 e. The fourth-order valence-electron chi connectivity index (χ4n) is 4.89. The van der Waals surface area contributed by atoms with Gasteiger partial charge in [-0.2, -0.15) is 4.31 Å². The summed E-state index contributed by atoms with van der Waals surface area (Å²) >= 11 is 0. The predicted molar refractivity (Wildman–Crippen MR) is 129 cm³/mol. The predicted octanol–water partition coefficient (Wildman–Crippen LogP) is 4.07. The van der Waals surface area contributed by atoms with Crippen molar-refractivity contribution < 1.29 is 17.9 Å². The Labute approximate surface area is 199 Å². The molecule has 5 nitrogen and oxygen atoms in total. The highest BCUT2D eigenvalue weighted by Crippen LogP contribution is 2.48. The third-order valence-corrected chi connectivity index (χ3v) is 8.54. The Hall–Kier alpha value is -3.18. The van der Waals surface area contributed by atoms with Crippen LogP contribution in [-0.2, 0) is 10.0 Å². The van der Waals surface area contributed by atoms with E-state index in [0.29, 0.717) is 18.5 Å². The second kappa shape index (κ2) is 8.88. The number of anilines is 1. The number of nitrogens with zero attached hydrogens (tertiary/aromatic N) is 1. The Morgan fingerprint density at radius 2 is 1.71 bits per heavy atom. The zero-order valence-corrected chi connectivity index (χ0v) is 19.5. The summed E-state index contributed by atoms with van der Waals surface area (Å²) in [4.78, 5) is 0.270. The van der Waals surface area contributed by atoms with Gasteiger partial charge in [-0.15, -0.1) is 0 Å². The summed E-state index contributed by atoms with van der Waals surface area (Å²) in [5, 5.41) is 13.4. The minimum absolute atomic E-state index is 0.0574. The summed E-state index contributed by atoms with van der Waals surface area (Å²) < 4.78 is 42.0. The zero-order valence-electron chi connectivity index (χ0n) is 18.7. The number of aliphatic hydroxyl groups excluding tert-OH is 1. The van der Waals surface area contributed by atoms with Gasteiger partial charge in [-0.25, -0.2) is 12.8 Å². The molecule has 2 aliphatic heterocycles. The van der Waals surface area contributed by atoms with Gasteiger partial charge in [0.25, 0.3) is 0 Å². The van der Waals surface area contributed by atoms with Crippen LogP contribution in [0.25, 0.3) is 0 Å². The van der Waals surface area contributed by atoms with Gasteiger partial charge in [-0.1, -0.05) is 29.5 Å². The number of rotatable bonds is 3. The number of halogens is 1. The summed E-state index contributed by atoms with van der Waals surface area (Å²) in [5.41, 5.74) is 4.09. The van der Waals surface area contributed by atoms with Crippen LogP contribution in [0.3, 0.4) is 0 Å². The summed E-state index contributed by atoms with van der Waals surface area (Å²) in [7, 11) is -3.72. The molecule has 2 N–H and O–H groups in total. The molecule has 34 heavy (non-hydrogen) atoms. The van der Waals surface area contributed by atoms with Crippen LogP contribution in [-0.4, -0.2) is 37.0 Å². The molecule has 0 unspecified atom stereocenters. The number of benzene rings is 3. The molecule has 1 saturated heterocycles. The van der Waals surface area contributed by atoms with E-state index in [4.69, 9.17) is 0 Å². The van der Waals surface area contributed by atoms with Crippen LogP contribution in [0, 0.1) is 30.5 Å². The van der Waals surface area contributed by atoms with Crippen LogP contribution in [0.5, 0.6) is 0 Å². The van der Waals surface area contributed by atoms with Crippen LogP contribution in [0.4, 0.5) is 10.1 Å². The molecule has 3 aromatic rings. The molecule has 0 aromatic heterocycles. The summed E-state index contributed by atoms with van der Waals surface area (Å²) in [6.45, 7) is 2.23. The van der Waals surface area contributed by atoms with Crippen molar-refractivity contribution in [2.75, 3.05) is 18.5 Å². The fraction of sp³-hybridized carbons (Fsp3) is 0.259. The first-order chi connectivity index (χ1) is 16.4. The maximum atomic E-state index is 13.6. The summed E-state index contributed by atoms with van der Waals surface area (Å²) in [6.07, 6.45) is 0.652. The first-order valence-corrected chi connectivity index (χ1v) is 12.7. The lowest BCUT2D eigenvalue weighted by atomic mass is 9.83. The average molecular weight is 477 g/mol. The first kappa shape index (κ1) is 22.6. The van der Waals surface area contributed by atoms with Crippen LogP contribution in [0.15, 0.2) is 71.6 Å². The van der Waals surface area contributed by atoms with Crippen molar-refractivity contribution in [3.8, 4) is 11.8 Å². The Kier molecular flexibility index (Phi) is 5.90. The van der Waals surface area contributed by atoms with Crippen molar-refractivity contribution in [2.45, 2.75) is 30.3 Å². The zero-order chi connectivity index (χ0) is 23.9. The number of hydrogen-bond donors (Lipinski definition) is 2. The van der Waals surface area contributed by atoms with Crippen LogP contribution < -0.4 is 5.32 Å². The number of aryl methyl sites for hydroxylation is 1. The molecule has 2 aliphatic rings. The highest BCUT2D eigenvalue weighted by atomic mass is 32.2. The van der Waals surface area contributed by atoms with Crippen LogP contribution in [0.1, 0.15) is 34.7 Å². The summed E-state index contributed by atoms with van der Waals surface area (Å²) in [5.74, 6) is 5.78.